The normalized spacial score (nSPS) is 18.5. The molecule has 0 aliphatic heterocycles. The summed E-state index contributed by atoms with van der Waals surface area (Å²) in [5.74, 6) is 0. The Kier molecular flexibility index (Phi) is 5.22. The standard InChI is InChI=1S/C15H27N3S/c1-5-18(13-9-7-6-8-10-13)15-17-12(3)14(19-15)11(2)16-4/h11,13,16H,5-10H2,1-4H3. The van der Waals surface area contributed by atoms with Gasteiger partial charge in [-0.05, 0) is 40.7 Å². The Morgan fingerprint density at radius 3 is 2.63 bits per heavy atom. The van der Waals surface area contributed by atoms with Gasteiger partial charge in [0.15, 0.2) is 5.13 Å². The third-order valence-electron chi connectivity index (χ3n) is 4.25. The fourth-order valence-corrected chi connectivity index (χ4v) is 4.25. The van der Waals surface area contributed by atoms with Crippen molar-refractivity contribution in [2.45, 2.75) is 65.0 Å². The topological polar surface area (TPSA) is 28.2 Å². The van der Waals surface area contributed by atoms with E-state index < -0.39 is 0 Å². The van der Waals surface area contributed by atoms with Gasteiger partial charge in [0.2, 0.25) is 0 Å². The van der Waals surface area contributed by atoms with Gasteiger partial charge in [-0.3, -0.25) is 0 Å². The fraction of sp³-hybridized carbons (Fsp3) is 0.800. The van der Waals surface area contributed by atoms with Crippen LogP contribution in [0.25, 0.3) is 0 Å². The highest BCUT2D eigenvalue weighted by atomic mass is 32.1. The van der Waals surface area contributed by atoms with E-state index in [9.17, 15) is 0 Å². The van der Waals surface area contributed by atoms with E-state index in [1.165, 1.54) is 47.8 Å². The zero-order valence-corrected chi connectivity index (χ0v) is 13.5. The first kappa shape index (κ1) is 14.8. The van der Waals surface area contributed by atoms with Crippen molar-refractivity contribution in [2.75, 3.05) is 18.5 Å². The van der Waals surface area contributed by atoms with Crippen LogP contribution >= 0.6 is 11.3 Å². The Bertz CT molecular complexity index is 396. The molecule has 3 nitrogen and oxygen atoms in total. The number of anilines is 1. The number of nitrogens with one attached hydrogen (secondary N) is 1. The minimum atomic E-state index is 0.399. The van der Waals surface area contributed by atoms with Crippen LogP contribution in [-0.2, 0) is 0 Å². The molecule has 108 valence electrons. The summed E-state index contributed by atoms with van der Waals surface area (Å²) < 4.78 is 0. The van der Waals surface area contributed by atoms with E-state index in [0.29, 0.717) is 12.1 Å². The molecule has 0 aromatic carbocycles. The van der Waals surface area contributed by atoms with Crippen molar-refractivity contribution in [1.82, 2.24) is 10.3 Å². The summed E-state index contributed by atoms with van der Waals surface area (Å²) in [4.78, 5) is 8.74. The van der Waals surface area contributed by atoms with Crippen LogP contribution in [0.15, 0.2) is 0 Å². The molecule has 0 spiro atoms. The Balaban J connectivity index is 2.18. The molecule has 0 saturated heterocycles. The van der Waals surface area contributed by atoms with Crippen molar-refractivity contribution in [2.24, 2.45) is 0 Å². The Labute approximate surface area is 121 Å². The average molecular weight is 281 g/mol. The second-order valence-corrected chi connectivity index (χ2v) is 6.54. The van der Waals surface area contributed by atoms with Crippen molar-refractivity contribution in [3.8, 4) is 0 Å². The average Bonchev–Trinajstić information content (AvgIpc) is 2.82. The Morgan fingerprint density at radius 2 is 2.05 bits per heavy atom. The zero-order valence-electron chi connectivity index (χ0n) is 12.7. The highest BCUT2D eigenvalue weighted by Gasteiger charge is 2.24. The van der Waals surface area contributed by atoms with Gasteiger partial charge in [0, 0.05) is 23.5 Å². The molecule has 2 rings (SSSR count). The molecular formula is C15H27N3S. The molecule has 4 heteroatoms. The van der Waals surface area contributed by atoms with E-state index in [-0.39, 0.29) is 0 Å². The quantitative estimate of drug-likeness (QED) is 0.887. The number of hydrogen-bond acceptors (Lipinski definition) is 4. The van der Waals surface area contributed by atoms with E-state index in [2.05, 4.69) is 31.0 Å². The number of nitrogens with zero attached hydrogens (tertiary/aromatic N) is 2. The molecule has 0 bridgehead atoms. The molecule has 1 saturated carbocycles. The van der Waals surface area contributed by atoms with Gasteiger partial charge in [0.1, 0.15) is 0 Å². The molecule has 1 atom stereocenters. The van der Waals surface area contributed by atoms with E-state index in [4.69, 9.17) is 4.98 Å². The molecule has 0 amide bonds. The molecule has 1 heterocycles. The first-order valence-electron chi connectivity index (χ1n) is 7.58. The third-order valence-corrected chi connectivity index (χ3v) is 5.63. The molecule has 19 heavy (non-hydrogen) atoms. The van der Waals surface area contributed by atoms with Crippen LogP contribution in [0.3, 0.4) is 0 Å². The molecule has 1 N–H and O–H groups in total. The van der Waals surface area contributed by atoms with Gasteiger partial charge < -0.3 is 10.2 Å². The smallest absolute Gasteiger partial charge is 0.186 e. The summed E-state index contributed by atoms with van der Waals surface area (Å²) in [7, 11) is 2.02. The van der Waals surface area contributed by atoms with Crippen molar-refractivity contribution in [3.05, 3.63) is 10.6 Å². The Hall–Kier alpha value is -0.610. The Morgan fingerprint density at radius 1 is 1.37 bits per heavy atom. The minimum absolute atomic E-state index is 0.399. The van der Waals surface area contributed by atoms with Crippen LogP contribution in [0.5, 0.6) is 0 Å². The number of thiazole rings is 1. The minimum Gasteiger partial charge on any atom is -0.345 e. The van der Waals surface area contributed by atoms with Crippen LogP contribution in [0.2, 0.25) is 0 Å². The number of rotatable bonds is 5. The summed E-state index contributed by atoms with van der Waals surface area (Å²) in [6.07, 6.45) is 6.84. The molecule has 1 aromatic rings. The molecule has 1 aliphatic rings. The van der Waals surface area contributed by atoms with Gasteiger partial charge >= 0.3 is 0 Å². The predicted octanol–water partition coefficient (Wildman–Crippen LogP) is 3.89. The highest BCUT2D eigenvalue weighted by Crippen LogP contribution is 2.34. The number of hydrogen-bond donors (Lipinski definition) is 1. The second-order valence-electron chi connectivity index (χ2n) is 5.53. The van der Waals surface area contributed by atoms with Gasteiger partial charge in [0.05, 0.1) is 5.69 Å². The van der Waals surface area contributed by atoms with Gasteiger partial charge in [-0.2, -0.15) is 0 Å². The maximum atomic E-state index is 4.83. The lowest BCUT2D eigenvalue weighted by atomic mass is 9.94. The lowest BCUT2D eigenvalue weighted by Crippen LogP contribution is -2.36. The highest BCUT2D eigenvalue weighted by molar-refractivity contribution is 7.15. The number of aromatic nitrogens is 1. The van der Waals surface area contributed by atoms with Crippen molar-refractivity contribution in [1.29, 1.82) is 0 Å². The molecule has 0 radical (unpaired) electrons. The van der Waals surface area contributed by atoms with Crippen LogP contribution in [0.1, 0.15) is 62.6 Å². The van der Waals surface area contributed by atoms with Gasteiger partial charge in [-0.15, -0.1) is 11.3 Å². The third kappa shape index (κ3) is 3.29. The summed E-state index contributed by atoms with van der Waals surface area (Å²) in [6, 6.07) is 1.11. The predicted molar refractivity (Wildman–Crippen MR) is 84.2 cm³/mol. The monoisotopic (exact) mass is 281 g/mol. The van der Waals surface area contributed by atoms with E-state index in [0.717, 1.165) is 6.54 Å². The van der Waals surface area contributed by atoms with Crippen LogP contribution < -0.4 is 10.2 Å². The van der Waals surface area contributed by atoms with E-state index in [1.807, 2.05) is 18.4 Å². The molecule has 1 fully saturated rings. The summed E-state index contributed by atoms with van der Waals surface area (Å²) >= 11 is 1.87. The van der Waals surface area contributed by atoms with E-state index in [1.54, 1.807) is 0 Å². The summed E-state index contributed by atoms with van der Waals surface area (Å²) in [5, 5.41) is 4.55. The van der Waals surface area contributed by atoms with Crippen LogP contribution in [0.4, 0.5) is 5.13 Å². The van der Waals surface area contributed by atoms with Gasteiger partial charge in [0.25, 0.3) is 0 Å². The van der Waals surface area contributed by atoms with Crippen molar-refractivity contribution in [3.63, 3.8) is 0 Å². The van der Waals surface area contributed by atoms with Gasteiger partial charge in [-0.1, -0.05) is 19.3 Å². The van der Waals surface area contributed by atoms with Crippen LogP contribution in [0, 0.1) is 6.92 Å². The van der Waals surface area contributed by atoms with Crippen molar-refractivity contribution < 1.29 is 0 Å². The van der Waals surface area contributed by atoms with Crippen LogP contribution in [-0.4, -0.2) is 24.6 Å². The molecular weight excluding hydrogens is 254 g/mol. The summed E-state index contributed by atoms with van der Waals surface area (Å²) in [6.45, 7) is 7.68. The van der Waals surface area contributed by atoms with Crippen molar-refractivity contribution >= 4 is 16.5 Å². The largest absolute Gasteiger partial charge is 0.345 e. The maximum absolute atomic E-state index is 4.83. The lowest BCUT2D eigenvalue weighted by molar-refractivity contribution is 0.418. The lowest BCUT2D eigenvalue weighted by Gasteiger charge is -2.33. The maximum Gasteiger partial charge on any atom is 0.186 e. The first-order chi connectivity index (χ1) is 9.17. The molecule has 1 aromatic heterocycles. The zero-order chi connectivity index (χ0) is 13.8. The molecule has 1 aliphatic carbocycles. The SMILES string of the molecule is CCN(c1nc(C)c(C(C)NC)s1)C1CCCCC1. The summed E-state index contributed by atoms with van der Waals surface area (Å²) in [5.41, 5.74) is 1.19. The number of aryl methyl sites for hydroxylation is 1. The van der Waals surface area contributed by atoms with E-state index >= 15 is 0 Å². The second kappa shape index (κ2) is 6.71. The first-order valence-corrected chi connectivity index (χ1v) is 8.40. The fourth-order valence-electron chi connectivity index (χ4n) is 2.99. The molecule has 1 unspecified atom stereocenters. The van der Waals surface area contributed by atoms with Gasteiger partial charge in [-0.25, -0.2) is 4.98 Å².